The molecule has 3 aromatic rings. The molecule has 0 spiro atoms. The molecule has 2 aromatic carbocycles. The van der Waals surface area contributed by atoms with E-state index in [9.17, 15) is 15.2 Å². The molecule has 116 valence electrons. The van der Waals surface area contributed by atoms with E-state index >= 15 is 0 Å². The van der Waals surface area contributed by atoms with Crippen molar-refractivity contribution < 1.29 is 10.0 Å². The van der Waals surface area contributed by atoms with E-state index in [0.29, 0.717) is 5.13 Å². The highest BCUT2D eigenvalue weighted by Crippen LogP contribution is 2.27. The van der Waals surface area contributed by atoms with Gasteiger partial charge in [-0.15, -0.1) is 0 Å². The van der Waals surface area contributed by atoms with Gasteiger partial charge >= 0.3 is 0 Å². The van der Waals surface area contributed by atoms with Crippen LogP contribution in [0.25, 0.3) is 10.2 Å². The van der Waals surface area contributed by atoms with Crippen LogP contribution < -0.4 is 5.43 Å². The molecule has 0 fully saturated rings. The minimum atomic E-state index is -0.528. The van der Waals surface area contributed by atoms with E-state index in [0.717, 1.165) is 15.8 Å². The molecule has 0 aliphatic carbocycles. The zero-order valence-corrected chi connectivity index (χ0v) is 12.9. The van der Waals surface area contributed by atoms with Crippen LogP contribution in [0, 0.1) is 17.0 Å². The third-order valence-electron chi connectivity index (χ3n) is 3.13. The van der Waals surface area contributed by atoms with Crippen LogP contribution in [-0.2, 0) is 0 Å². The van der Waals surface area contributed by atoms with Crippen molar-refractivity contribution in [2.45, 2.75) is 6.92 Å². The molecule has 2 N–H and O–H groups in total. The van der Waals surface area contributed by atoms with E-state index in [1.54, 1.807) is 0 Å². The molecule has 0 aliphatic heterocycles. The quantitative estimate of drug-likeness (QED) is 0.432. The standard InChI is InChI=1S/C15H12N4O3S/c1-9-2-4-12-14(6-9)23-15(17-12)18-16-8-10-7-11(19(21)22)3-5-13(10)20/h2-8,20H,1H3,(H,17,18). The normalized spacial score (nSPS) is 11.2. The number of anilines is 1. The van der Waals surface area contributed by atoms with Gasteiger partial charge in [-0.25, -0.2) is 4.98 Å². The van der Waals surface area contributed by atoms with Crippen LogP contribution >= 0.6 is 11.3 Å². The number of aromatic nitrogens is 1. The minimum absolute atomic E-state index is 0.0823. The van der Waals surface area contributed by atoms with Gasteiger partial charge in [0.1, 0.15) is 5.75 Å². The maximum Gasteiger partial charge on any atom is 0.270 e. The summed E-state index contributed by atoms with van der Waals surface area (Å²) in [6, 6.07) is 9.70. The Morgan fingerprint density at radius 2 is 2.17 bits per heavy atom. The number of phenolic OH excluding ortho intramolecular Hbond substituents is 1. The average molecular weight is 328 g/mol. The third-order valence-corrected chi connectivity index (χ3v) is 4.05. The molecule has 0 atom stereocenters. The number of thiazole rings is 1. The van der Waals surface area contributed by atoms with Gasteiger partial charge in [0.25, 0.3) is 5.69 Å². The Kier molecular flexibility index (Phi) is 3.90. The first-order chi connectivity index (χ1) is 11.0. The van der Waals surface area contributed by atoms with Crippen molar-refractivity contribution in [1.29, 1.82) is 0 Å². The molecule has 0 unspecified atom stereocenters. The average Bonchev–Trinajstić information content (AvgIpc) is 2.90. The zero-order chi connectivity index (χ0) is 16.4. The number of nitrogens with one attached hydrogen (secondary N) is 1. The summed E-state index contributed by atoms with van der Waals surface area (Å²) in [5.74, 6) is -0.0823. The molecule has 0 saturated heterocycles. The van der Waals surface area contributed by atoms with Gasteiger partial charge in [0.2, 0.25) is 5.13 Å². The Morgan fingerprint density at radius 1 is 1.35 bits per heavy atom. The predicted octanol–water partition coefficient (Wildman–Crippen LogP) is 3.66. The number of nitro benzene ring substituents is 1. The lowest BCUT2D eigenvalue weighted by atomic mass is 10.2. The number of rotatable bonds is 4. The van der Waals surface area contributed by atoms with Gasteiger partial charge in [0.05, 0.1) is 21.4 Å². The number of hydrogen-bond donors (Lipinski definition) is 2. The van der Waals surface area contributed by atoms with Gasteiger partial charge in [-0.05, 0) is 30.7 Å². The predicted molar refractivity (Wildman–Crippen MR) is 90.3 cm³/mol. The summed E-state index contributed by atoms with van der Waals surface area (Å²) < 4.78 is 1.04. The Hall–Kier alpha value is -3.00. The summed E-state index contributed by atoms with van der Waals surface area (Å²) in [6.07, 6.45) is 1.32. The molecular formula is C15H12N4O3S. The molecule has 7 nitrogen and oxygen atoms in total. The maximum absolute atomic E-state index is 10.7. The summed E-state index contributed by atoms with van der Waals surface area (Å²) in [6.45, 7) is 2.01. The number of phenols is 1. The summed E-state index contributed by atoms with van der Waals surface area (Å²) in [5.41, 5.74) is 4.94. The van der Waals surface area contributed by atoms with Gasteiger partial charge in [-0.1, -0.05) is 17.4 Å². The van der Waals surface area contributed by atoms with Crippen molar-refractivity contribution >= 4 is 38.6 Å². The van der Waals surface area contributed by atoms with Crippen molar-refractivity contribution in [1.82, 2.24) is 4.98 Å². The second-order valence-corrected chi connectivity index (χ2v) is 5.89. The fourth-order valence-electron chi connectivity index (χ4n) is 2.00. The molecule has 0 aliphatic rings. The Labute approximate surface area is 135 Å². The molecular weight excluding hydrogens is 316 g/mol. The highest BCUT2D eigenvalue weighted by atomic mass is 32.1. The molecule has 1 aromatic heterocycles. The van der Waals surface area contributed by atoms with Crippen LogP contribution in [0.2, 0.25) is 0 Å². The van der Waals surface area contributed by atoms with Crippen LogP contribution in [0.4, 0.5) is 10.8 Å². The SMILES string of the molecule is Cc1ccc2nc(NN=Cc3cc([N+](=O)[O-])ccc3O)sc2c1. The number of aryl methyl sites for hydroxylation is 1. The van der Waals surface area contributed by atoms with Crippen molar-refractivity contribution in [3.05, 3.63) is 57.6 Å². The highest BCUT2D eigenvalue weighted by molar-refractivity contribution is 7.22. The molecule has 0 amide bonds. The van der Waals surface area contributed by atoms with Crippen molar-refractivity contribution in [3.63, 3.8) is 0 Å². The smallest absolute Gasteiger partial charge is 0.270 e. The van der Waals surface area contributed by atoms with Crippen LogP contribution in [0.15, 0.2) is 41.5 Å². The first-order valence-electron chi connectivity index (χ1n) is 6.66. The van der Waals surface area contributed by atoms with Crippen LogP contribution in [0.1, 0.15) is 11.1 Å². The van der Waals surface area contributed by atoms with Crippen molar-refractivity contribution in [3.8, 4) is 5.75 Å². The zero-order valence-electron chi connectivity index (χ0n) is 12.1. The van der Waals surface area contributed by atoms with E-state index in [2.05, 4.69) is 15.5 Å². The Bertz CT molecular complexity index is 920. The number of nitrogens with zero attached hydrogens (tertiary/aromatic N) is 3. The van der Waals surface area contributed by atoms with Crippen LogP contribution in [-0.4, -0.2) is 21.2 Å². The Balaban J connectivity index is 1.80. The van der Waals surface area contributed by atoms with Gasteiger partial charge in [0, 0.05) is 17.7 Å². The number of fused-ring (bicyclic) bond motifs is 1. The van der Waals surface area contributed by atoms with E-state index in [4.69, 9.17) is 0 Å². The highest BCUT2D eigenvalue weighted by Gasteiger charge is 2.09. The number of nitro groups is 1. The number of hydrogen-bond acceptors (Lipinski definition) is 7. The largest absolute Gasteiger partial charge is 0.507 e. The number of non-ortho nitro benzene ring substituents is 1. The minimum Gasteiger partial charge on any atom is -0.507 e. The van der Waals surface area contributed by atoms with Gasteiger partial charge in [-0.2, -0.15) is 5.10 Å². The first-order valence-corrected chi connectivity index (χ1v) is 7.48. The monoisotopic (exact) mass is 328 g/mol. The van der Waals surface area contributed by atoms with Gasteiger partial charge in [0.15, 0.2) is 0 Å². The van der Waals surface area contributed by atoms with E-state index < -0.39 is 4.92 Å². The topological polar surface area (TPSA) is 101 Å². The number of aromatic hydroxyl groups is 1. The maximum atomic E-state index is 10.7. The lowest BCUT2D eigenvalue weighted by Gasteiger charge is -1.98. The summed E-state index contributed by atoms with van der Waals surface area (Å²) in [5, 5.41) is 25.0. The van der Waals surface area contributed by atoms with Crippen molar-refractivity contribution in [2.24, 2.45) is 5.10 Å². The molecule has 0 bridgehead atoms. The van der Waals surface area contributed by atoms with E-state index in [1.165, 1.54) is 35.8 Å². The lowest BCUT2D eigenvalue weighted by molar-refractivity contribution is -0.384. The number of hydrazone groups is 1. The molecule has 23 heavy (non-hydrogen) atoms. The third kappa shape index (κ3) is 3.27. The lowest BCUT2D eigenvalue weighted by Crippen LogP contribution is -1.93. The molecule has 0 radical (unpaired) electrons. The van der Waals surface area contributed by atoms with E-state index in [1.807, 2.05) is 25.1 Å². The van der Waals surface area contributed by atoms with Gasteiger partial charge in [-0.3, -0.25) is 15.5 Å². The molecule has 1 heterocycles. The van der Waals surface area contributed by atoms with Crippen molar-refractivity contribution in [2.75, 3.05) is 5.43 Å². The Morgan fingerprint density at radius 3 is 2.96 bits per heavy atom. The molecule has 3 rings (SSSR count). The summed E-state index contributed by atoms with van der Waals surface area (Å²) >= 11 is 1.45. The van der Waals surface area contributed by atoms with Crippen LogP contribution in [0.3, 0.4) is 0 Å². The summed E-state index contributed by atoms with van der Waals surface area (Å²) in [7, 11) is 0. The second kappa shape index (κ2) is 6.01. The molecule has 8 heteroatoms. The first kappa shape index (κ1) is 14.9. The van der Waals surface area contributed by atoms with E-state index in [-0.39, 0.29) is 17.0 Å². The number of benzene rings is 2. The fraction of sp³-hybridized carbons (Fsp3) is 0.0667. The summed E-state index contributed by atoms with van der Waals surface area (Å²) in [4.78, 5) is 14.6. The van der Waals surface area contributed by atoms with Crippen LogP contribution in [0.5, 0.6) is 5.75 Å². The fourth-order valence-corrected chi connectivity index (χ4v) is 2.91. The second-order valence-electron chi connectivity index (χ2n) is 4.86. The molecule has 0 saturated carbocycles. The van der Waals surface area contributed by atoms with Gasteiger partial charge < -0.3 is 5.11 Å².